The minimum Gasteiger partial charge on any atom is -0.494 e. The first-order valence-electron chi connectivity index (χ1n) is 5.43. The molecule has 84 valence electrons. The Bertz CT molecular complexity index is 514. The number of nitrogens with zero attached hydrogens (tertiary/aromatic N) is 1. The van der Waals surface area contributed by atoms with Crippen LogP contribution in [0.2, 0.25) is 0 Å². The van der Waals surface area contributed by atoms with Crippen molar-refractivity contribution in [3.05, 3.63) is 30.0 Å². The predicted octanol–water partition coefficient (Wildman–Crippen LogP) is 2.78. The first-order valence-corrected chi connectivity index (χ1v) is 5.43. The molecule has 0 fully saturated rings. The van der Waals surface area contributed by atoms with Gasteiger partial charge < -0.3 is 9.30 Å². The molecule has 0 unspecified atom stereocenters. The number of aromatic nitrogens is 1. The molecule has 0 spiro atoms. The van der Waals surface area contributed by atoms with Crippen LogP contribution in [0.1, 0.15) is 23.8 Å². The summed E-state index contributed by atoms with van der Waals surface area (Å²) in [4.78, 5) is 10.8. The van der Waals surface area contributed by atoms with Gasteiger partial charge in [-0.2, -0.15) is 0 Å². The van der Waals surface area contributed by atoms with Crippen molar-refractivity contribution in [2.24, 2.45) is 7.05 Å². The van der Waals surface area contributed by atoms with Crippen LogP contribution in [0.15, 0.2) is 24.3 Å². The van der Waals surface area contributed by atoms with Gasteiger partial charge in [-0.25, -0.2) is 0 Å². The largest absolute Gasteiger partial charge is 0.494 e. The minimum atomic E-state index is 0.683. The van der Waals surface area contributed by atoms with Gasteiger partial charge in [0.15, 0.2) is 6.29 Å². The summed E-state index contributed by atoms with van der Waals surface area (Å²) in [6, 6.07) is 7.76. The second-order valence-electron chi connectivity index (χ2n) is 3.82. The molecule has 0 amide bonds. The molecule has 1 heterocycles. The number of fused-ring (bicyclic) bond motifs is 1. The highest BCUT2D eigenvalue weighted by molar-refractivity contribution is 5.89. The van der Waals surface area contributed by atoms with Crippen LogP contribution in [-0.2, 0) is 7.05 Å². The third kappa shape index (κ3) is 1.81. The average Bonchev–Trinajstić information content (AvgIpc) is 2.63. The lowest BCUT2D eigenvalue weighted by molar-refractivity contribution is 0.111. The molecule has 0 N–H and O–H groups in total. The van der Waals surface area contributed by atoms with Crippen molar-refractivity contribution < 1.29 is 9.53 Å². The van der Waals surface area contributed by atoms with Gasteiger partial charge in [0.1, 0.15) is 5.75 Å². The lowest BCUT2D eigenvalue weighted by Gasteiger charge is -2.04. The fraction of sp³-hybridized carbons (Fsp3) is 0.308. The normalized spacial score (nSPS) is 10.6. The minimum absolute atomic E-state index is 0.683. The molecule has 3 nitrogen and oxygen atoms in total. The molecular weight excluding hydrogens is 202 g/mol. The molecule has 2 aromatic rings. The van der Waals surface area contributed by atoms with Crippen molar-refractivity contribution in [2.75, 3.05) is 6.61 Å². The Morgan fingerprint density at radius 3 is 2.88 bits per heavy atom. The van der Waals surface area contributed by atoms with E-state index in [4.69, 9.17) is 4.74 Å². The van der Waals surface area contributed by atoms with Crippen molar-refractivity contribution in [2.45, 2.75) is 13.3 Å². The maximum absolute atomic E-state index is 10.8. The van der Waals surface area contributed by atoms with Gasteiger partial charge in [-0.05, 0) is 30.7 Å². The Hall–Kier alpha value is -1.77. The summed E-state index contributed by atoms with van der Waals surface area (Å²) in [5.41, 5.74) is 1.73. The molecule has 1 aromatic heterocycles. The van der Waals surface area contributed by atoms with E-state index in [0.717, 1.165) is 36.0 Å². The molecule has 0 bridgehead atoms. The van der Waals surface area contributed by atoms with Crippen molar-refractivity contribution >= 4 is 17.2 Å². The van der Waals surface area contributed by atoms with E-state index in [1.807, 2.05) is 35.9 Å². The quantitative estimate of drug-likeness (QED) is 0.737. The highest BCUT2D eigenvalue weighted by Crippen LogP contribution is 2.23. The number of ether oxygens (including phenoxy) is 1. The molecule has 16 heavy (non-hydrogen) atoms. The number of carbonyl (C=O) groups is 1. The molecule has 0 saturated carbocycles. The average molecular weight is 217 g/mol. The summed E-state index contributed by atoms with van der Waals surface area (Å²) < 4.78 is 7.43. The molecule has 0 radical (unpaired) electrons. The second kappa shape index (κ2) is 4.39. The monoisotopic (exact) mass is 217 g/mol. The number of aryl methyl sites for hydroxylation is 1. The Kier molecular flexibility index (Phi) is 2.95. The Morgan fingerprint density at radius 1 is 1.38 bits per heavy atom. The second-order valence-corrected chi connectivity index (χ2v) is 3.82. The van der Waals surface area contributed by atoms with E-state index in [9.17, 15) is 4.79 Å². The highest BCUT2D eigenvalue weighted by atomic mass is 16.5. The molecule has 3 heteroatoms. The predicted molar refractivity (Wildman–Crippen MR) is 64.1 cm³/mol. The maximum atomic E-state index is 10.8. The van der Waals surface area contributed by atoms with Crippen LogP contribution in [0.5, 0.6) is 5.75 Å². The Morgan fingerprint density at radius 2 is 2.19 bits per heavy atom. The lowest BCUT2D eigenvalue weighted by Crippen LogP contribution is -1.95. The van der Waals surface area contributed by atoms with Gasteiger partial charge in [-0.3, -0.25) is 4.79 Å². The molecule has 0 aliphatic heterocycles. The highest BCUT2D eigenvalue weighted by Gasteiger charge is 2.05. The van der Waals surface area contributed by atoms with E-state index in [2.05, 4.69) is 6.92 Å². The van der Waals surface area contributed by atoms with Crippen LogP contribution < -0.4 is 4.74 Å². The van der Waals surface area contributed by atoms with E-state index < -0.39 is 0 Å². The van der Waals surface area contributed by atoms with Crippen molar-refractivity contribution in [1.29, 1.82) is 0 Å². The van der Waals surface area contributed by atoms with Crippen molar-refractivity contribution in [3.8, 4) is 5.75 Å². The number of carbonyl (C=O) groups excluding carboxylic acids is 1. The van der Waals surface area contributed by atoms with Crippen LogP contribution in [0.4, 0.5) is 0 Å². The van der Waals surface area contributed by atoms with Crippen LogP contribution in [0.3, 0.4) is 0 Å². The summed E-state index contributed by atoms with van der Waals surface area (Å²) in [5.74, 6) is 0.859. The van der Waals surface area contributed by atoms with E-state index in [-0.39, 0.29) is 0 Å². The third-order valence-corrected chi connectivity index (χ3v) is 2.64. The zero-order valence-corrected chi connectivity index (χ0v) is 9.56. The molecule has 1 aromatic carbocycles. The topological polar surface area (TPSA) is 31.2 Å². The molecule has 0 aliphatic carbocycles. The summed E-state index contributed by atoms with van der Waals surface area (Å²) >= 11 is 0. The molecular formula is C13H15NO2. The smallest absolute Gasteiger partial charge is 0.166 e. The molecule has 0 aliphatic rings. The van der Waals surface area contributed by atoms with E-state index in [1.54, 1.807) is 0 Å². The summed E-state index contributed by atoms with van der Waals surface area (Å²) in [6.45, 7) is 2.80. The number of rotatable bonds is 4. The van der Waals surface area contributed by atoms with Crippen LogP contribution in [0.25, 0.3) is 10.9 Å². The van der Waals surface area contributed by atoms with Gasteiger partial charge in [0, 0.05) is 18.0 Å². The number of hydrogen-bond donors (Lipinski definition) is 0. The summed E-state index contributed by atoms with van der Waals surface area (Å²) in [7, 11) is 1.89. The number of aldehydes is 1. The fourth-order valence-corrected chi connectivity index (χ4v) is 1.77. The first kappa shape index (κ1) is 10.7. The van der Waals surface area contributed by atoms with Crippen LogP contribution in [-0.4, -0.2) is 17.5 Å². The SMILES string of the molecule is CCCOc1ccc2c(c1)cc(C=O)n2C. The molecule has 0 saturated heterocycles. The van der Waals surface area contributed by atoms with E-state index in [0.29, 0.717) is 5.69 Å². The van der Waals surface area contributed by atoms with Gasteiger partial charge in [-0.1, -0.05) is 6.92 Å². The summed E-state index contributed by atoms with van der Waals surface area (Å²) in [6.07, 6.45) is 1.86. The van der Waals surface area contributed by atoms with Crippen LogP contribution in [0, 0.1) is 0 Å². The van der Waals surface area contributed by atoms with E-state index >= 15 is 0 Å². The Balaban J connectivity index is 2.42. The zero-order valence-electron chi connectivity index (χ0n) is 9.56. The van der Waals surface area contributed by atoms with Gasteiger partial charge in [0.2, 0.25) is 0 Å². The van der Waals surface area contributed by atoms with Gasteiger partial charge in [-0.15, -0.1) is 0 Å². The zero-order chi connectivity index (χ0) is 11.5. The van der Waals surface area contributed by atoms with Crippen LogP contribution >= 0.6 is 0 Å². The van der Waals surface area contributed by atoms with Gasteiger partial charge in [0.25, 0.3) is 0 Å². The maximum Gasteiger partial charge on any atom is 0.166 e. The fourth-order valence-electron chi connectivity index (χ4n) is 1.77. The number of benzene rings is 1. The summed E-state index contributed by atoms with van der Waals surface area (Å²) in [5, 5.41) is 1.04. The number of hydrogen-bond acceptors (Lipinski definition) is 2. The molecule has 0 atom stereocenters. The van der Waals surface area contributed by atoms with E-state index in [1.165, 1.54) is 0 Å². The van der Waals surface area contributed by atoms with Gasteiger partial charge >= 0.3 is 0 Å². The first-order chi connectivity index (χ1) is 7.76. The standard InChI is InChI=1S/C13H15NO2/c1-3-6-16-12-4-5-13-10(8-12)7-11(9-15)14(13)2/h4-5,7-9H,3,6H2,1-2H3. The van der Waals surface area contributed by atoms with Crippen molar-refractivity contribution in [3.63, 3.8) is 0 Å². The van der Waals surface area contributed by atoms with Crippen molar-refractivity contribution in [1.82, 2.24) is 4.57 Å². The van der Waals surface area contributed by atoms with Gasteiger partial charge in [0.05, 0.1) is 12.3 Å². The third-order valence-electron chi connectivity index (χ3n) is 2.64. The lowest BCUT2D eigenvalue weighted by atomic mass is 10.2. The Labute approximate surface area is 94.6 Å². The molecule has 2 rings (SSSR count).